The zero-order valence-electron chi connectivity index (χ0n) is 13.9. The Labute approximate surface area is 145 Å². The molecule has 124 valence electrons. The van der Waals surface area contributed by atoms with Gasteiger partial charge in [0.25, 0.3) is 5.56 Å². The van der Waals surface area contributed by atoms with Gasteiger partial charge in [0.2, 0.25) is 0 Å². The number of hydrogen-bond donors (Lipinski definition) is 2. The van der Waals surface area contributed by atoms with E-state index in [2.05, 4.69) is 15.3 Å². The van der Waals surface area contributed by atoms with Gasteiger partial charge in [0.05, 0.1) is 5.69 Å². The van der Waals surface area contributed by atoms with Crippen molar-refractivity contribution in [2.75, 3.05) is 12.4 Å². The monoisotopic (exact) mass is 330 g/mol. The minimum atomic E-state index is -0.0686. The number of rotatable bonds is 4. The van der Waals surface area contributed by atoms with Gasteiger partial charge in [-0.25, -0.2) is 4.98 Å². The highest BCUT2D eigenvalue weighted by molar-refractivity contribution is 5.62. The lowest BCUT2D eigenvalue weighted by Gasteiger charge is -2.07. The Bertz CT molecular complexity index is 1020. The van der Waals surface area contributed by atoms with Crippen LogP contribution in [0.25, 0.3) is 17.1 Å². The minimum Gasteiger partial charge on any atom is -0.388 e. The zero-order valence-corrected chi connectivity index (χ0v) is 13.9. The van der Waals surface area contributed by atoms with Gasteiger partial charge in [-0.15, -0.1) is 0 Å². The average molecular weight is 330 g/mol. The van der Waals surface area contributed by atoms with Crippen LogP contribution in [0.1, 0.15) is 11.3 Å². The summed E-state index contributed by atoms with van der Waals surface area (Å²) in [6.45, 7) is 0. The molecule has 4 rings (SSSR count). The van der Waals surface area contributed by atoms with Gasteiger partial charge in [0.1, 0.15) is 5.69 Å². The molecule has 0 atom stereocenters. The van der Waals surface area contributed by atoms with Crippen LogP contribution in [0.5, 0.6) is 0 Å². The Hall–Kier alpha value is -3.34. The first-order valence-corrected chi connectivity index (χ1v) is 8.16. The Kier molecular flexibility index (Phi) is 3.82. The highest BCUT2D eigenvalue weighted by atomic mass is 16.1. The standard InChI is InChI=1S/C20H18N4O/c1-21-16-9-7-15(8-10-16)18-13-24-19(12-22-18)23-17(20(24)25)11-14-5-3-2-4-6-14/h2-10,12-13,21-22H,11H2,1H3. The maximum absolute atomic E-state index is 12.7. The maximum atomic E-state index is 12.7. The van der Waals surface area contributed by atoms with Crippen molar-refractivity contribution >= 4 is 5.69 Å². The van der Waals surface area contributed by atoms with Gasteiger partial charge in [0, 0.05) is 31.5 Å². The van der Waals surface area contributed by atoms with Gasteiger partial charge in [-0.1, -0.05) is 42.5 Å². The van der Waals surface area contributed by atoms with E-state index in [0.29, 0.717) is 17.9 Å². The number of anilines is 1. The van der Waals surface area contributed by atoms with E-state index < -0.39 is 0 Å². The molecule has 25 heavy (non-hydrogen) atoms. The summed E-state index contributed by atoms with van der Waals surface area (Å²) < 4.78 is 1.61. The predicted octanol–water partition coefficient (Wildman–Crippen LogP) is 3.30. The third-order valence-electron chi connectivity index (χ3n) is 4.28. The molecule has 5 nitrogen and oxygen atoms in total. The molecule has 0 aromatic heterocycles. The summed E-state index contributed by atoms with van der Waals surface area (Å²) in [7, 11) is 1.89. The number of aromatic nitrogens is 3. The molecular formula is C20H18N4O. The lowest BCUT2D eigenvalue weighted by molar-refractivity contribution is 0.971. The molecule has 2 heterocycles. The lowest BCUT2D eigenvalue weighted by Crippen LogP contribution is -2.15. The lowest BCUT2D eigenvalue weighted by atomic mass is 10.1. The summed E-state index contributed by atoms with van der Waals surface area (Å²) in [5.74, 6) is 0.631. The first-order chi connectivity index (χ1) is 12.2. The van der Waals surface area contributed by atoms with Crippen LogP contribution in [0.4, 0.5) is 5.69 Å². The zero-order chi connectivity index (χ0) is 17.2. The van der Waals surface area contributed by atoms with Crippen LogP contribution < -0.4 is 10.9 Å². The molecule has 2 aliphatic rings. The molecule has 5 heteroatoms. The van der Waals surface area contributed by atoms with Gasteiger partial charge in [0.15, 0.2) is 5.82 Å². The number of benzene rings is 2. The molecular weight excluding hydrogens is 312 g/mol. The second kappa shape index (κ2) is 6.28. The van der Waals surface area contributed by atoms with Gasteiger partial charge in [-0.2, -0.15) is 0 Å². The van der Waals surface area contributed by atoms with Crippen molar-refractivity contribution in [3.8, 4) is 17.1 Å². The summed E-state index contributed by atoms with van der Waals surface area (Å²) in [4.78, 5) is 20.4. The number of hydrogen-bond acceptors (Lipinski definition) is 3. The van der Waals surface area contributed by atoms with E-state index in [1.165, 1.54) is 0 Å². The second-order valence-electron chi connectivity index (χ2n) is 5.91. The first-order valence-electron chi connectivity index (χ1n) is 8.16. The van der Waals surface area contributed by atoms with Crippen molar-refractivity contribution in [2.45, 2.75) is 6.42 Å². The van der Waals surface area contributed by atoms with Crippen molar-refractivity contribution in [3.63, 3.8) is 0 Å². The van der Waals surface area contributed by atoms with E-state index in [1.807, 2.05) is 67.8 Å². The van der Waals surface area contributed by atoms with Gasteiger partial charge in [-0.3, -0.25) is 9.36 Å². The Morgan fingerprint density at radius 1 is 1.08 bits per heavy atom. The molecule has 0 saturated carbocycles. The molecule has 0 spiro atoms. The number of fused-ring (bicyclic) bond motifs is 1. The Morgan fingerprint density at radius 3 is 2.56 bits per heavy atom. The van der Waals surface area contributed by atoms with Crippen LogP contribution in [0.15, 0.2) is 71.8 Å². The highest BCUT2D eigenvalue weighted by Gasteiger charge is 2.15. The number of imidazole rings is 1. The molecule has 0 bridgehead atoms. The van der Waals surface area contributed by atoms with Crippen molar-refractivity contribution in [1.82, 2.24) is 14.5 Å². The predicted molar refractivity (Wildman–Crippen MR) is 99.6 cm³/mol. The fourth-order valence-electron chi connectivity index (χ4n) is 2.90. The van der Waals surface area contributed by atoms with E-state index in [4.69, 9.17) is 0 Å². The van der Waals surface area contributed by atoms with Crippen LogP contribution in [0.2, 0.25) is 0 Å². The molecule has 0 aliphatic carbocycles. The molecule has 2 aliphatic heterocycles. The van der Waals surface area contributed by atoms with E-state index in [-0.39, 0.29) is 5.56 Å². The minimum absolute atomic E-state index is 0.0686. The van der Waals surface area contributed by atoms with Gasteiger partial charge >= 0.3 is 0 Å². The quantitative estimate of drug-likeness (QED) is 0.603. The molecule has 0 unspecified atom stereocenters. The summed E-state index contributed by atoms with van der Waals surface area (Å²) in [5.41, 5.74) is 4.50. The highest BCUT2D eigenvalue weighted by Crippen LogP contribution is 2.20. The maximum Gasteiger partial charge on any atom is 0.278 e. The van der Waals surface area contributed by atoms with E-state index >= 15 is 0 Å². The fraction of sp³-hybridized carbons (Fsp3) is 0.100. The third kappa shape index (κ3) is 2.92. The number of H-pyrrole nitrogens is 1. The largest absolute Gasteiger partial charge is 0.388 e. The fourth-order valence-corrected chi connectivity index (χ4v) is 2.90. The molecule has 0 saturated heterocycles. The van der Waals surface area contributed by atoms with E-state index in [1.54, 1.807) is 10.8 Å². The van der Waals surface area contributed by atoms with Crippen molar-refractivity contribution < 1.29 is 0 Å². The van der Waals surface area contributed by atoms with Crippen LogP contribution >= 0.6 is 0 Å². The topological polar surface area (TPSA) is 62.7 Å². The first kappa shape index (κ1) is 15.2. The van der Waals surface area contributed by atoms with E-state index in [0.717, 1.165) is 22.5 Å². The molecule has 2 N–H and O–H groups in total. The molecule has 0 amide bonds. The van der Waals surface area contributed by atoms with Crippen LogP contribution in [-0.4, -0.2) is 21.6 Å². The van der Waals surface area contributed by atoms with Crippen LogP contribution in [-0.2, 0) is 6.42 Å². The SMILES string of the molecule is CNc1ccc(-c2cn3c(=O)c(Cc4ccccc4)nc-3c[nH]2)cc1. The van der Waals surface area contributed by atoms with Crippen LogP contribution in [0.3, 0.4) is 0 Å². The number of aromatic amines is 1. The summed E-state index contributed by atoms with van der Waals surface area (Å²) in [5, 5.41) is 3.10. The molecule has 0 radical (unpaired) electrons. The molecule has 2 aromatic carbocycles. The van der Waals surface area contributed by atoms with Gasteiger partial charge in [-0.05, 0) is 23.3 Å². The number of nitrogens with one attached hydrogen (secondary N) is 2. The molecule has 2 aromatic rings. The normalized spacial score (nSPS) is 10.9. The Morgan fingerprint density at radius 2 is 1.84 bits per heavy atom. The molecule has 0 fully saturated rings. The summed E-state index contributed by atoms with van der Waals surface area (Å²) in [6.07, 6.45) is 4.12. The Balaban J connectivity index is 1.72. The summed E-state index contributed by atoms with van der Waals surface area (Å²) in [6, 6.07) is 17.9. The smallest absolute Gasteiger partial charge is 0.278 e. The van der Waals surface area contributed by atoms with Crippen molar-refractivity contribution in [2.24, 2.45) is 0 Å². The van der Waals surface area contributed by atoms with Crippen molar-refractivity contribution in [3.05, 3.63) is 88.6 Å². The van der Waals surface area contributed by atoms with E-state index in [9.17, 15) is 4.79 Å². The number of nitrogens with zero attached hydrogens (tertiary/aromatic N) is 2. The van der Waals surface area contributed by atoms with Gasteiger partial charge < -0.3 is 10.3 Å². The second-order valence-corrected chi connectivity index (χ2v) is 5.91. The summed E-state index contributed by atoms with van der Waals surface area (Å²) >= 11 is 0. The average Bonchev–Trinajstić information content (AvgIpc) is 2.98. The third-order valence-corrected chi connectivity index (χ3v) is 4.28. The van der Waals surface area contributed by atoms with Crippen molar-refractivity contribution in [1.29, 1.82) is 0 Å². The van der Waals surface area contributed by atoms with Crippen LogP contribution in [0, 0.1) is 0 Å².